The van der Waals surface area contributed by atoms with Crippen LogP contribution in [0.2, 0.25) is 0 Å². The zero-order chi connectivity index (χ0) is 14.5. The van der Waals surface area contributed by atoms with E-state index in [1.807, 2.05) is 0 Å². The summed E-state index contributed by atoms with van der Waals surface area (Å²) >= 11 is 0. The lowest BCUT2D eigenvalue weighted by Crippen LogP contribution is -2.58. The molecular formula is C11H22F2O3S. The Kier molecular flexibility index (Phi) is 3.83. The molecule has 0 heterocycles. The fourth-order valence-corrected chi connectivity index (χ4v) is 2.52. The van der Waals surface area contributed by atoms with Crippen LogP contribution in [0.3, 0.4) is 0 Å². The largest absolute Gasteiger partial charge is 0.285 e. The second-order valence-corrected chi connectivity index (χ2v) is 8.09. The van der Waals surface area contributed by atoms with Crippen LogP contribution >= 0.6 is 0 Å². The van der Waals surface area contributed by atoms with E-state index in [2.05, 4.69) is 0 Å². The summed E-state index contributed by atoms with van der Waals surface area (Å²) in [4.78, 5) is 0. The van der Waals surface area contributed by atoms with Gasteiger partial charge in [0.2, 0.25) is 0 Å². The summed E-state index contributed by atoms with van der Waals surface area (Å²) in [7, 11) is -4.44. The van der Waals surface area contributed by atoms with Gasteiger partial charge in [-0.15, -0.1) is 0 Å². The standard InChI is InChI=1S/C11H22F2O3S/c1-8(2,9(3,4)11(7,12)13)10(5,6)17(14,15)16/h1-7H3,(H,14,15,16). The van der Waals surface area contributed by atoms with Crippen molar-refractivity contribution >= 4 is 10.1 Å². The van der Waals surface area contributed by atoms with Gasteiger partial charge in [0.1, 0.15) is 0 Å². The van der Waals surface area contributed by atoms with Gasteiger partial charge in [0.15, 0.2) is 0 Å². The fourth-order valence-electron chi connectivity index (χ4n) is 1.62. The van der Waals surface area contributed by atoms with Crippen molar-refractivity contribution in [2.24, 2.45) is 10.8 Å². The van der Waals surface area contributed by atoms with Gasteiger partial charge in [-0.05, 0) is 26.2 Å². The maximum atomic E-state index is 13.6. The first-order valence-corrected chi connectivity index (χ1v) is 6.79. The van der Waals surface area contributed by atoms with Crippen molar-refractivity contribution in [3.8, 4) is 0 Å². The minimum absolute atomic E-state index is 0.759. The van der Waals surface area contributed by atoms with Crippen LogP contribution in [0, 0.1) is 10.8 Å². The highest BCUT2D eigenvalue weighted by molar-refractivity contribution is 7.87. The van der Waals surface area contributed by atoms with Gasteiger partial charge in [-0.2, -0.15) is 8.42 Å². The summed E-state index contributed by atoms with van der Waals surface area (Å²) in [6.07, 6.45) is 0. The smallest absolute Gasteiger partial charge is 0.270 e. The molecule has 0 aliphatic carbocycles. The van der Waals surface area contributed by atoms with Gasteiger partial charge in [0.25, 0.3) is 16.0 Å². The molecule has 17 heavy (non-hydrogen) atoms. The van der Waals surface area contributed by atoms with Gasteiger partial charge in [0, 0.05) is 5.41 Å². The molecule has 6 heteroatoms. The molecule has 0 fully saturated rings. The Balaban J connectivity index is 5.91. The Morgan fingerprint density at radius 3 is 1.29 bits per heavy atom. The van der Waals surface area contributed by atoms with Crippen molar-refractivity contribution in [3.63, 3.8) is 0 Å². The Labute approximate surface area is 102 Å². The third kappa shape index (κ3) is 2.34. The van der Waals surface area contributed by atoms with Crippen LogP contribution in [-0.2, 0) is 10.1 Å². The van der Waals surface area contributed by atoms with Crippen LogP contribution in [-0.4, -0.2) is 23.6 Å². The lowest BCUT2D eigenvalue weighted by molar-refractivity contribution is -0.153. The molecule has 0 amide bonds. The second kappa shape index (κ2) is 3.88. The van der Waals surface area contributed by atoms with Crippen molar-refractivity contribution in [1.29, 1.82) is 0 Å². The Morgan fingerprint density at radius 2 is 1.12 bits per heavy atom. The lowest BCUT2D eigenvalue weighted by Gasteiger charge is -2.52. The third-order valence-corrected chi connectivity index (χ3v) is 6.61. The highest BCUT2D eigenvalue weighted by Crippen LogP contribution is 2.56. The number of hydrogen-bond donors (Lipinski definition) is 1. The van der Waals surface area contributed by atoms with Gasteiger partial charge in [0.05, 0.1) is 4.75 Å². The lowest BCUT2D eigenvalue weighted by atomic mass is 9.59. The van der Waals surface area contributed by atoms with E-state index in [0.717, 1.165) is 6.92 Å². The molecule has 1 N–H and O–H groups in total. The van der Waals surface area contributed by atoms with Crippen molar-refractivity contribution in [3.05, 3.63) is 0 Å². The summed E-state index contributed by atoms with van der Waals surface area (Å²) < 4.78 is 57.6. The van der Waals surface area contributed by atoms with E-state index < -0.39 is 31.6 Å². The maximum Gasteiger partial charge on any atom is 0.270 e. The molecule has 3 nitrogen and oxygen atoms in total. The average molecular weight is 272 g/mol. The van der Waals surface area contributed by atoms with Gasteiger partial charge in [-0.3, -0.25) is 4.55 Å². The topological polar surface area (TPSA) is 54.4 Å². The molecule has 0 bridgehead atoms. The molecule has 0 aliphatic rings. The summed E-state index contributed by atoms with van der Waals surface area (Å²) in [6.45, 7) is 8.75. The van der Waals surface area contributed by atoms with Gasteiger partial charge >= 0.3 is 0 Å². The Hall–Kier alpha value is -0.230. The summed E-state index contributed by atoms with van der Waals surface area (Å²) in [6, 6.07) is 0. The van der Waals surface area contributed by atoms with Gasteiger partial charge in [-0.1, -0.05) is 27.7 Å². The summed E-state index contributed by atoms with van der Waals surface area (Å²) in [5.41, 5.74) is -2.93. The second-order valence-electron chi connectivity index (χ2n) is 6.12. The van der Waals surface area contributed by atoms with Crippen LogP contribution in [0.4, 0.5) is 8.78 Å². The predicted octanol–water partition coefficient (Wildman–Crippen LogP) is 3.36. The average Bonchev–Trinajstić information content (AvgIpc) is 1.98. The summed E-state index contributed by atoms with van der Waals surface area (Å²) in [5, 5.41) is 0. The molecule has 0 aromatic heterocycles. The molecule has 0 saturated heterocycles. The van der Waals surface area contributed by atoms with E-state index in [0.29, 0.717) is 0 Å². The Bertz CT molecular complexity index is 389. The van der Waals surface area contributed by atoms with Crippen LogP contribution in [0.5, 0.6) is 0 Å². The summed E-state index contributed by atoms with van der Waals surface area (Å²) in [5.74, 6) is -3.07. The minimum atomic E-state index is -4.44. The van der Waals surface area contributed by atoms with Gasteiger partial charge < -0.3 is 0 Å². The van der Waals surface area contributed by atoms with E-state index in [1.54, 1.807) is 0 Å². The van der Waals surface area contributed by atoms with Crippen LogP contribution in [0.25, 0.3) is 0 Å². The van der Waals surface area contributed by atoms with Crippen molar-refractivity contribution in [2.45, 2.75) is 59.1 Å². The molecule has 104 valence electrons. The first kappa shape index (κ1) is 16.8. The van der Waals surface area contributed by atoms with Crippen molar-refractivity contribution in [2.75, 3.05) is 0 Å². The number of alkyl halides is 2. The zero-order valence-electron chi connectivity index (χ0n) is 11.4. The molecule has 0 spiro atoms. The third-order valence-electron chi connectivity index (χ3n) is 4.81. The molecule has 0 rings (SSSR count). The Morgan fingerprint density at radius 1 is 0.824 bits per heavy atom. The number of rotatable bonds is 4. The normalized spacial score (nSPS) is 16.1. The molecule has 0 aromatic rings. The van der Waals surface area contributed by atoms with Crippen LogP contribution in [0.1, 0.15) is 48.5 Å². The number of hydrogen-bond acceptors (Lipinski definition) is 2. The zero-order valence-corrected chi connectivity index (χ0v) is 12.2. The first-order chi connectivity index (χ1) is 7.00. The van der Waals surface area contributed by atoms with E-state index in [4.69, 9.17) is 0 Å². The highest BCUT2D eigenvalue weighted by Gasteiger charge is 2.61. The SMILES string of the molecule is CC(F)(F)C(C)(C)C(C)(C)C(C)(C)S(=O)(=O)O. The molecular weight excluding hydrogens is 250 g/mol. The molecule has 0 atom stereocenters. The molecule has 0 unspecified atom stereocenters. The van der Waals surface area contributed by atoms with E-state index >= 15 is 0 Å². The number of halogens is 2. The molecule has 0 aromatic carbocycles. The van der Waals surface area contributed by atoms with E-state index in [-0.39, 0.29) is 0 Å². The fraction of sp³-hybridized carbons (Fsp3) is 1.00. The van der Waals surface area contributed by atoms with E-state index in [1.165, 1.54) is 41.5 Å². The van der Waals surface area contributed by atoms with E-state index in [9.17, 15) is 21.8 Å². The molecule has 0 radical (unpaired) electrons. The highest BCUT2D eigenvalue weighted by atomic mass is 32.2. The predicted molar refractivity (Wildman–Crippen MR) is 63.8 cm³/mol. The van der Waals surface area contributed by atoms with Crippen LogP contribution < -0.4 is 0 Å². The van der Waals surface area contributed by atoms with Crippen molar-refractivity contribution in [1.82, 2.24) is 0 Å². The maximum absolute atomic E-state index is 13.6. The van der Waals surface area contributed by atoms with Crippen LogP contribution in [0.15, 0.2) is 0 Å². The quantitative estimate of drug-likeness (QED) is 0.798. The van der Waals surface area contributed by atoms with Gasteiger partial charge in [-0.25, -0.2) is 8.78 Å². The molecule has 0 saturated carbocycles. The molecule has 0 aliphatic heterocycles. The minimum Gasteiger partial charge on any atom is -0.285 e. The first-order valence-electron chi connectivity index (χ1n) is 5.35. The van der Waals surface area contributed by atoms with Crippen molar-refractivity contribution < 1.29 is 21.8 Å². The monoisotopic (exact) mass is 272 g/mol.